The van der Waals surface area contributed by atoms with Gasteiger partial charge in [0.05, 0.1) is 5.52 Å². The van der Waals surface area contributed by atoms with Gasteiger partial charge >= 0.3 is 0 Å². The highest BCUT2D eigenvalue weighted by Gasteiger charge is 2.09. The van der Waals surface area contributed by atoms with Crippen LogP contribution in [0.4, 0.5) is 5.82 Å². The van der Waals surface area contributed by atoms with E-state index in [1.807, 2.05) is 7.05 Å². The van der Waals surface area contributed by atoms with Crippen molar-refractivity contribution < 1.29 is 0 Å². The van der Waals surface area contributed by atoms with Gasteiger partial charge in [-0.05, 0) is 36.6 Å². The summed E-state index contributed by atoms with van der Waals surface area (Å²) in [4.78, 5) is 4.73. The van der Waals surface area contributed by atoms with Gasteiger partial charge in [-0.2, -0.15) is 0 Å². The van der Waals surface area contributed by atoms with E-state index >= 15 is 0 Å². The summed E-state index contributed by atoms with van der Waals surface area (Å²) in [5.74, 6) is 1.00. The number of hydrogen-bond donors (Lipinski definition) is 1. The predicted molar refractivity (Wildman–Crippen MR) is 77.7 cm³/mol. The lowest BCUT2D eigenvalue weighted by Gasteiger charge is -2.11. The Morgan fingerprint density at radius 1 is 1.35 bits per heavy atom. The Hall–Kier alpha value is -1.09. The number of nitrogens with one attached hydrogen (secondary N) is 1. The quantitative estimate of drug-likeness (QED) is 0.912. The van der Waals surface area contributed by atoms with E-state index in [4.69, 9.17) is 4.98 Å². The zero-order valence-corrected chi connectivity index (χ0v) is 12.1. The van der Waals surface area contributed by atoms with Crippen LogP contribution in [0.2, 0.25) is 0 Å². The maximum Gasteiger partial charge on any atom is 0.129 e. The fourth-order valence-electron chi connectivity index (χ4n) is 2.08. The van der Waals surface area contributed by atoms with Gasteiger partial charge in [-0.15, -0.1) is 0 Å². The average molecular weight is 293 g/mol. The molecular formula is C14H17BrN2. The third-order valence-electron chi connectivity index (χ3n) is 2.97. The van der Waals surface area contributed by atoms with Crippen LogP contribution in [0.25, 0.3) is 10.9 Å². The van der Waals surface area contributed by atoms with Gasteiger partial charge in [0.15, 0.2) is 0 Å². The Kier molecular flexibility index (Phi) is 3.67. The molecule has 0 spiro atoms. The van der Waals surface area contributed by atoms with Gasteiger partial charge in [-0.3, -0.25) is 0 Å². The molecule has 0 saturated carbocycles. The molecule has 2 rings (SSSR count). The van der Waals surface area contributed by atoms with Crippen molar-refractivity contribution in [2.45, 2.75) is 26.7 Å². The van der Waals surface area contributed by atoms with Gasteiger partial charge in [0, 0.05) is 16.9 Å². The number of aryl methyl sites for hydroxylation is 2. The maximum atomic E-state index is 4.73. The van der Waals surface area contributed by atoms with E-state index in [1.165, 1.54) is 16.5 Å². The van der Waals surface area contributed by atoms with E-state index in [-0.39, 0.29) is 0 Å². The van der Waals surface area contributed by atoms with Crippen LogP contribution in [0, 0.1) is 6.92 Å². The van der Waals surface area contributed by atoms with Crippen molar-refractivity contribution in [3.05, 3.63) is 33.8 Å². The predicted octanol–water partition coefficient (Wildman–Crippen LogP) is 4.30. The molecule has 0 aliphatic rings. The van der Waals surface area contributed by atoms with Gasteiger partial charge < -0.3 is 5.32 Å². The molecule has 1 aromatic heterocycles. The van der Waals surface area contributed by atoms with E-state index in [9.17, 15) is 0 Å². The first-order valence-corrected chi connectivity index (χ1v) is 6.73. The van der Waals surface area contributed by atoms with Crippen LogP contribution in [-0.2, 0) is 6.42 Å². The smallest absolute Gasteiger partial charge is 0.129 e. The van der Waals surface area contributed by atoms with Gasteiger partial charge in [-0.25, -0.2) is 4.98 Å². The number of rotatable bonds is 3. The number of halogens is 1. The van der Waals surface area contributed by atoms with E-state index in [2.05, 4.69) is 53.3 Å². The lowest BCUT2D eigenvalue weighted by molar-refractivity contribution is 0.918. The van der Waals surface area contributed by atoms with Crippen LogP contribution < -0.4 is 5.32 Å². The Bertz CT molecular complexity index is 549. The molecule has 2 nitrogen and oxygen atoms in total. The van der Waals surface area contributed by atoms with Gasteiger partial charge in [0.1, 0.15) is 5.82 Å². The Morgan fingerprint density at radius 3 is 2.76 bits per heavy atom. The third kappa shape index (κ3) is 2.29. The summed E-state index contributed by atoms with van der Waals surface area (Å²) >= 11 is 3.60. The largest absolute Gasteiger partial charge is 0.373 e. The van der Waals surface area contributed by atoms with Crippen molar-refractivity contribution >= 4 is 32.7 Å². The molecule has 1 heterocycles. The topological polar surface area (TPSA) is 24.9 Å². The van der Waals surface area contributed by atoms with Crippen molar-refractivity contribution in [1.82, 2.24) is 4.98 Å². The monoisotopic (exact) mass is 292 g/mol. The third-order valence-corrected chi connectivity index (χ3v) is 3.66. The molecule has 1 aromatic carbocycles. The molecule has 0 radical (unpaired) electrons. The molecule has 2 aromatic rings. The molecule has 0 aliphatic carbocycles. The van der Waals surface area contributed by atoms with E-state index in [0.29, 0.717) is 0 Å². The number of anilines is 1. The summed E-state index contributed by atoms with van der Waals surface area (Å²) in [6, 6.07) is 6.43. The number of fused-ring (bicyclic) bond motifs is 1. The molecule has 17 heavy (non-hydrogen) atoms. The molecular weight excluding hydrogens is 276 g/mol. The van der Waals surface area contributed by atoms with Crippen molar-refractivity contribution in [2.75, 3.05) is 12.4 Å². The Labute approximate surface area is 111 Å². The molecule has 0 saturated heterocycles. The summed E-state index contributed by atoms with van der Waals surface area (Å²) in [5, 5.41) is 4.39. The minimum absolute atomic E-state index is 1.00. The molecule has 3 heteroatoms. The van der Waals surface area contributed by atoms with E-state index in [0.717, 1.165) is 28.6 Å². The number of hydrogen-bond acceptors (Lipinski definition) is 2. The second-order valence-corrected chi connectivity index (χ2v) is 5.11. The standard InChI is InChI=1S/C14H17BrN2/c1-4-5-10-8-11-12(15)7-6-9(2)13(11)17-14(10)16-3/h6-8H,4-5H2,1-3H3,(H,16,17). The highest BCUT2D eigenvalue weighted by molar-refractivity contribution is 9.10. The molecule has 0 fully saturated rings. The minimum atomic E-state index is 1.00. The van der Waals surface area contributed by atoms with Crippen molar-refractivity contribution in [1.29, 1.82) is 0 Å². The van der Waals surface area contributed by atoms with Gasteiger partial charge in [-0.1, -0.05) is 35.3 Å². The highest BCUT2D eigenvalue weighted by atomic mass is 79.9. The fourth-order valence-corrected chi connectivity index (χ4v) is 2.52. The van der Waals surface area contributed by atoms with E-state index in [1.54, 1.807) is 0 Å². The van der Waals surface area contributed by atoms with Crippen LogP contribution in [0.5, 0.6) is 0 Å². The molecule has 0 aliphatic heterocycles. The first-order chi connectivity index (χ1) is 8.17. The van der Waals surface area contributed by atoms with Gasteiger partial charge in [0.25, 0.3) is 0 Å². The molecule has 90 valence electrons. The van der Waals surface area contributed by atoms with Crippen molar-refractivity contribution in [3.63, 3.8) is 0 Å². The Balaban J connectivity index is 2.73. The lowest BCUT2D eigenvalue weighted by Crippen LogP contribution is -2.00. The SMILES string of the molecule is CCCc1cc2c(Br)ccc(C)c2nc1NC. The summed E-state index contributed by atoms with van der Waals surface area (Å²) in [5.41, 5.74) is 3.57. The minimum Gasteiger partial charge on any atom is -0.373 e. The number of aromatic nitrogens is 1. The second kappa shape index (κ2) is 5.05. The van der Waals surface area contributed by atoms with Crippen LogP contribution in [0.15, 0.2) is 22.7 Å². The molecule has 0 bridgehead atoms. The summed E-state index contributed by atoms with van der Waals surface area (Å²) in [6.07, 6.45) is 2.19. The first-order valence-electron chi connectivity index (χ1n) is 5.93. The van der Waals surface area contributed by atoms with E-state index < -0.39 is 0 Å². The molecule has 0 unspecified atom stereocenters. The van der Waals surface area contributed by atoms with Crippen LogP contribution in [0.3, 0.4) is 0 Å². The average Bonchev–Trinajstić information content (AvgIpc) is 2.34. The van der Waals surface area contributed by atoms with Crippen molar-refractivity contribution in [2.24, 2.45) is 0 Å². The number of benzene rings is 1. The first kappa shape index (κ1) is 12.4. The summed E-state index contributed by atoms with van der Waals surface area (Å²) < 4.78 is 1.12. The highest BCUT2D eigenvalue weighted by Crippen LogP contribution is 2.29. The molecule has 0 atom stereocenters. The lowest BCUT2D eigenvalue weighted by atomic mass is 10.1. The van der Waals surface area contributed by atoms with Crippen LogP contribution in [-0.4, -0.2) is 12.0 Å². The second-order valence-electron chi connectivity index (χ2n) is 4.26. The fraction of sp³-hybridized carbons (Fsp3) is 0.357. The maximum absolute atomic E-state index is 4.73. The van der Waals surface area contributed by atoms with Crippen LogP contribution >= 0.6 is 15.9 Å². The molecule has 1 N–H and O–H groups in total. The van der Waals surface area contributed by atoms with Crippen LogP contribution in [0.1, 0.15) is 24.5 Å². The Morgan fingerprint density at radius 2 is 2.12 bits per heavy atom. The normalized spacial score (nSPS) is 10.8. The number of pyridine rings is 1. The summed E-state index contributed by atoms with van der Waals surface area (Å²) in [6.45, 7) is 4.29. The number of nitrogens with zero attached hydrogens (tertiary/aromatic N) is 1. The van der Waals surface area contributed by atoms with Gasteiger partial charge in [0.2, 0.25) is 0 Å². The zero-order valence-electron chi connectivity index (χ0n) is 10.5. The zero-order chi connectivity index (χ0) is 12.4. The summed E-state index contributed by atoms with van der Waals surface area (Å²) in [7, 11) is 1.93. The molecule has 0 amide bonds. The van der Waals surface area contributed by atoms with Crippen molar-refractivity contribution in [3.8, 4) is 0 Å².